The Morgan fingerprint density at radius 1 is 0.962 bits per heavy atom. The first-order chi connectivity index (χ1) is 12.5. The second-order valence-electron chi connectivity index (χ2n) is 5.74. The molecule has 8 heteroatoms. The van der Waals surface area contributed by atoms with E-state index in [-0.39, 0.29) is 38.5 Å². The first kappa shape index (κ1) is 16.3. The van der Waals surface area contributed by atoms with Gasteiger partial charge < -0.3 is 4.74 Å². The van der Waals surface area contributed by atoms with Crippen LogP contribution in [0.1, 0.15) is 42.2 Å². The zero-order chi connectivity index (χ0) is 18.6. The van der Waals surface area contributed by atoms with E-state index in [9.17, 15) is 23.4 Å². The van der Waals surface area contributed by atoms with Crippen molar-refractivity contribution >= 4 is 34.4 Å². The summed E-state index contributed by atoms with van der Waals surface area (Å²) in [6, 6.07) is 9.11. The highest BCUT2D eigenvalue weighted by molar-refractivity contribution is 7.84. The van der Waals surface area contributed by atoms with Crippen LogP contribution in [0.2, 0.25) is 0 Å². The molecule has 1 aliphatic carbocycles. The average Bonchev–Trinajstić information content (AvgIpc) is 2.90. The number of nitrogens with zero attached hydrogens (tertiary/aromatic N) is 1. The number of carbonyl (C=O) groups excluding carboxylic acids is 4. The fourth-order valence-corrected chi connectivity index (χ4v) is 4.55. The van der Waals surface area contributed by atoms with E-state index < -0.39 is 35.2 Å². The maximum Gasteiger partial charge on any atom is 0.326 e. The third-order valence-electron chi connectivity index (χ3n) is 4.38. The van der Waals surface area contributed by atoms with Gasteiger partial charge in [0.2, 0.25) is 0 Å². The van der Waals surface area contributed by atoms with E-state index in [2.05, 4.69) is 4.74 Å². The molecule has 1 atom stereocenters. The highest BCUT2D eigenvalue weighted by atomic mass is 32.2. The van der Waals surface area contributed by atoms with Crippen LogP contribution in [0.15, 0.2) is 41.3 Å². The Morgan fingerprint density at radius 2 is 1.58 bits per heavy atom. The molecule has 2 aliphatic rings. The molecule has 0 saturated carbocycles. The van der Waals surface area contributed by atoms with E-state index in [1.807, 2.05) is 0 Å². The summed E-state index contributed by atoms with van der Waals surface area (Å²) in [5, 5.41) is 0. The number of ketones is 2. The van der Waals surface area contributed by atoms with Crippen LogP contribution >= 0.6 is 0 Å². The molecule has 0 saturated heterocycles. The van der Waals surface area contributed by atoms with E-state index in [0.717, 1.165) is 11.4 Å². The van der Waals surface area contributed by atoms with Gasteiger partial charge in [0.1, 0.15) is 6.54 Å². The highest BCUT2D eigenvalue weighted by Gasteiger charge is 2.43. The van der Waals surface area contributed by atoms with Crippen molar-refractivity contribution in [1.29, 1.82) is 0 Å². The summed E-state index contributed by atoms with van der Waals surface area (Å²) >= 11 is 0. The number of ether oxygens (including phenoxy) is 1. The lowest BCUT2D eigenvalue weighted by Crippen LogP contribution is -2.32. The van der Waals surface area contributed by atoms with Crippen LogP contribution in [0.5, 0.6) is 0 Å². The molecule has 0 radical (unpaired) electrons. The zero-order valence-corrected chi connectivity index (χ0v) is 14.3. The monoisotopic (exact) mass is 369 g/mol. The number of hydrogen-bond donors (Lipinski definition) is 0. The maximum atomic E-state index is 12.9. The Labute approximate surface area is 150 Å². The lowest BCUT2D eigenvalue weighted by molar-refractivity contribution is -0.140. The van der Waals surface area contributed by atoms with Gasteiger partial charge in [0.15, 0.2) is 22.6 Å². The summed E-state index contributed by atoms with van der Waals surface area (Å²) in [6.07, 6.45) is 0. The van der Waals surface area contributed by atoms with Crippen LogP contribution in [0, 0.1) is 0 Å². The molecule has 0 spiro atoms. The number of methoxy groups -OCH3 is 1. The van der Waals surface area contributed by atoms with Gasteiger partial charge in [-0.25, -0.2) is 8.51 Å². The van der Waals surface area contributed by atoms with Crippen molar-refractivity contribution in [2.45, 2.75) is 4.90 Å². The fraction of sp³-hybridized carbons (Fsp3) is 0.111. The molecule has 2 aromatic rings. The Bertz CT molecular complexity index is 1060. The predicted molar refractivity (Wildman–Crippen MR) is 89.2 cm³/mol. The lowest BCUT2D eigenvalue weighted by Gasteiger charge is -2.19. The topological polar surface area (TPSA) is 97.8 Å². The number of amides is 1. The normalized spacial score (nSPS) is 17.7. The molecule has 1 unspecified atom stereocenters. The van der Waals surface area contributed by atoms with Gasteiger partial charge in [0.25, 0.3) is 5.91 Å². The maximum absolute atomic E-state index is 12.9. The molecule has 130 valence electrons. The molecule has 1 heterocycles. The summed E-state index contributed by atoms with van der Waals surface area (Å²) in [4.78, 5) is 49.7. The molecule has 2 aromatic carbocycles. The largest absolute Gasteiger partial charge is 0.468 e. The molecule has 26 heavy (non-hydrogen) atoms. The van der Waals surface area contributed by atoms with Crippen molar-refractivity contribution in [3.63, 3.8) is 0 Å². The van der Waals surface area contributed by atoms with Crippen LogP contribution in [0.3, 0.4) is 0 Å². The van der Waals surface area contributed by atoms with Gasteiger partial charge in [-0.15, -0.1) is 0 Å². The van der Waals surface area contributed by atoms with Crippen LogP contribution < -0.4 is 0 Å². The van der Waals surface area contributed by atoms with E-state index in [4.69, 9.17) is 0 Å². The van der Waals surface area contributed by atoms with Gasteiger partial charge in [0.05, 0.1) is 23.1 Å². The highest BCUT2D eigenvalue weighted by Crippen LogP contribution is 2.37. The smallest absolute Gasteiger partial charge is 0.326 e. The predicted octanol–water partition coefficient (Wildman–Crippen LogP) is 1.11. The van der Waals surface area contributed by atoms with Crippen LogP contribution in [-0.2, 0) is 20.5 Å². The number of hydrogen-bond acceptors (Lipinski definition) is 6. The Kier molecular flexibility index (Phi) is 3.58. The third kappa shape index (κ3) is 2.08. The summed E-state index contributed by atoms with van der Waals surface area (Å²) in [7, 11) is -0.927. The van der Waals surface area contributed by atoms with Gasteiger partial charge in [0, 0.05) is 16.7 Å². The average molecular weight is 369 g/mol. The number of esters is 1. The first-order valence-corrected chi connectivity index (χ1v) is 8.72. The quantitative estimate of drug-likeness (QED) is 0.628. The summed E-state index contributed by atoms with van der Waals surface area (Å²) in [5.41, 5.74) is 0.589. The fourth-order valence-electron chi connectivity index (χ4n) is 3.14. The minimum Gasteiger partial charge on any atom is -0.468 e. The van der Waals surface area contributed by atoms with Crippen LogP contribution in [0.4, 0.5) is 0 Å². The molecule has 0 fully saturated rings. The zero-order valence-electron chi connectivity index (χ0n) is 13.5. The van der Waals surface area contributed by atoms with Crippen molar-refractivity contribution < 1.29 is 28.1 Å². The van der Waals surface area contributed by atoms with E-state index in [1.54, 1.807) is 18.2 Å². The number of rotatable bonds is 2. The molecular weight excluding hydrogens is 358 g/mol. The van der Waals surface area contributed by atoms with Crippen LogP contribution in [0.25, 0.3) is 0 Å². The molecule has 0 N–H and O–H groups in total. The van der Waals surface area contributed by atoms with Crippen molar-refractivity contribution in [2.24, 2.45) is 0 Å². The van der Waals surface area contributed by atoms with Gasteiger partial charge >= 0.3 is 5.97 Å². The van der Waals surface area contributed by atoms with Gasteiger partial charge in [-0.2, -0.15) is 0 Å². The van der Waals surface area contributed by atoms with Gasteiger partial charge in [-0.1, -0.05) is 24.3 Å². The second kappa shape index (κ2) is 5.70. The third-order valence-corrected chi connectivity index (χ3v) is 5.85. The van der Waals surface area contributed by atoms with Crippen molar-refractivity contribution in [3.8, 4) is 0 Å². The molecular formula is C18H11NO6S. The standard InChI is InChI=1S/C18H11NO6S/c1-25-13(20)8-19-18(23)12-7-6-11-14(17(12)26(19)24)16(22)10-5-3-2-4-9(10)15(11)21/h2-7H,8H2,1H3. The SMILES string of the molecule is COC(=O)CN1C(=O)c2ccc3c(c2S1=O)C(=O)c1ccccc1C3=O. The summed E-state index contributed by atoms with van der Waals surface area (Å²) in [5.74, 6) is -2.21. The Balaban J connectivity index is 1.90. The molecule has 0 bridgehead atoms. The Morgan fingerprint density at radius 3 is 2.23 bits per heavy atom. The number of benzene rings is 2. The minimum absolute atomic E-state index is 0.0238. The summed E-state index contributed by atoms with van der Waals surface area (Å²) in [6.45, 7) is -0.510. The van der Waals surface area contributed by atoms with Crippen molar-refractivity contribution in [1.82, 2.24) is 4.31 Å². The first-order valence-electron chi connectivity index (χ1n) is 7.61. The molecule has 1 aliphatic heterocycles. The molecule has 0 aromatic heterocycles. The van der Waals surface area contributed by atoms with E-state index >= 15 is 0 Å². The molecule has 1 amide bonds. The lowest BCUT2D eigenvalue weighted by atomic mass is 9.83. The minimum atomic E-state index is -2.08. The van der Waals surface area contributed by atoms with Gasteiger partial charge in [-0.05, 0) is 12.1 Å². The molecule has 4 rings (SSSR count). The molecule has 7 nitrogen and oxygen atoms in total. The van der Waals surface area contributed by atoms with E-state index in [1.165, 1.54) is 18.2 Å². The second-order valence-corrected chi connectivity index (χ2v) is 7.08. The number of carbonyl (C=O) groups is 4. The van der Waals surface area contributed by atoms with Gasteiger partial charge in [-0.3, -0.25) is 19.2 Å². The van der Waals surface area contributed by atoms with Crippen molar-refractivity contribution in [2.75, 3.05) is 13.7 Å². The van der Waals surface area contributed by atoms with Crippen LogP contribution in [-0.4, -0.2) is 45.6 Å². The summed E-state index contributed by atoms with van der Waals surface area (Å²) < 4.78 is 18.2. The van der Waals surface area contributed by atoms with Crippen molar-refractivity contribution in [3.05, 3.63) is 64.2 Å². The Hall–Kier alpha value is -3.13. The van der Waals surface area contributed by atoms with E-state index in [0.29, 0.717) is 0 Å². The number of fused-ring (bicyclic) bond motifs is 4.